The fourth-order valence-corrected chi connectivity index (χ4v) is 3.15. The first-order valence-corrected chi connectivity index (χ1v) is 11.5. The Hall–Kier alpha value is -2.95. The van der Waals surface area contributed by atoms with Crippen LogP contribution < -0.4 is 14.2 Å². The average Bonchev–Trinajstić information content (AvgIpc) is 2.82. The van der Waals surface area contributed by atoms with E-state index in [0.29, 0.717) is 32.7 Å². The number of benzene rings is 2. The molecule has 5 nitrogen and oxygen atoms in total. The first kappa shape index (κ1) is 25.3. The predicted molar refractivity (Wildman–Crippen MR) is 129 cm³/mol. The summed E-state index contributed by atoms with van der Waals surface area (Å²) in [5, 5.41) is 0. The first-order chi connectivity index (χ1) is 15.7. The maximum absolute atomic E-state index is 11.8. The van der Waals surface area contributed by atoms with Crippen LogP contribution >= 0.6 is 0 Å². The standard InChI is InChI=1S/C27H36O5/c1-4-19-31-25-16-17-26(23(21-25)13-18-27(28)30-5-2)32-20-9-7-6-8-10-22-11-14-24(29-3)15-12-22/h8,10-12,14-17,21H,4-7,9,13,18-20H2,1-3H3/b10-8+. The Kier molecular flexibility index (Phi) is 11.8. The molecule has 0 aliphatic carbocycles. The molecular formula is C27H36O5. The van der Waals surface area contributed by atoms with E-state index in [0.717, 1.165) is 48.5 Å². The van der Waals surface area contributed by atoms with Gasteiger partial charge < -0.3 is 18.9 Å². The highest BCUT2D eigenvalue weighted by Crippen LogP contribution is 2.26. The van der Waals surface area contributed by atoms with Gasteiger partial charge in [-0.3, -0.25) is 4.79 Å². The molecule has 0 saturated carbocycles. The van der Waals surface area contributed by atoms with E-state index in [4.69, 9.17) is 18.9 Å². The van der Waals surface area contributed by atoms with E-state index in [1.54, 1.807) is 7.11 Å². The van der Waals surface area contributed by atoms with Crippen molar-refractivity contribution < 1.29 is 23.7 Å². The molecule has 0 aliphatic heterocycles. The number of allylic oxidation sites excluding steroid dienone is 1. The van der Waals surface area contributed by atoms with E-state index in [-0.39, 0.29) is 5.97 Å². The van der Waals surface area contributed by atoms with Crippen LogP contribution in [0.2, 0.25) is 0 Å². The molecule has 0 N–H and O–H groups in total. The van der Waals surface area contributed by atoms with Crippen molar-refractivity contribution in [2.45, 2.75) is 52.4 Å². The predicted octanol–water partition coefficient (Wildman–Crippen LogP) is 6.24. The van der Waals surface area contributed by atoms with Crippen molar-refractivity contribution in [2.75, 3.05) is 26.9 Å². The second-order valence-electron chi connectivity index (χ2n) is 7.44. The quantitative estimate of drug-likeness (QED) is 0.242. The summed E-state index contributed by atoms with van der Waals surface area (Å²) in [6.07, 6.45) is 9.16. The lowest BCUT2D eigenvalue weighted by Gasteiger charge is -2.14. The number of methoxy groups -OCH3 is 1. The fourth-order valence-electron chi connectivity index (χ4n) is 3.15. The summed E-state index contributed by atoms with van der Waals surface area (Å²) in [5.74, 6) is 2.29. The molecular weight excluding hydrogens is 404 g/mol. The Labute approximate surface area is 192 Å². The number of ether oxygens (including phenoxy) is 4. The van der Waals surface area contributed by atoms with Crippen LogP contribution in [0.15, 0.2) is 48.5 Å². The van der Waals surface area contributed by atoms with E-state index in [9.17, 15) is 4.79 Å². The van der Waals surface area contributed by atoms with E-state index in [1.807, 2.05) is 49.4 Å². The number of rotatable bonds is 15. The Morgan fingerprint density at radius 2 is 1.72 bits per heavy atom. The molecule has 0 unspecified atom stereocenters. The summed E-state index contributed by atoms with van der Waals surface area (Å²) >= 11 is 0. The van der Waals surface area contributed by atoms with Crippen molar-refractivity contribution in [3.63, 3.8) is 0 Å². The Morgan fingerprint density at radius 3 is 2.44 bits per heavy atom. The van der Waals surface area contributed by atoms with Gasteiger partial charge in [-0.25, -0.2) is 0 Å². The minimum atomic E-state index is -0.193. The Morgan fingerprint density at radius 1 is 0.938 bits per heavy atom. The first-order valence-electron chi connectivity index (χ1n) is 11.5. The van der Waals surface area contributed by atoms with Gasteiger partial charge in [0.25, 0.3) is 0 Å². The molecule has 0 amide bonds. The Bertz CT molecular complexity index is 826. The molecule has 2 rings (SSSR count). The zero-order valence-electron chi connectivity index (χ0n) is 19.6. The molecule has 0 saturated heterocycles. The van der Waals surface area contributed by atoms with Crippen LogP contribution in [0.4, 0.5) is 0 Å². The summed E-state index contributed by atoms with van der Waals surface area (Å²) < 4.78 is 22.0. The molecule has 0 bridgehead atoms. The topological polar surface area (TPSA) is 54.0 Å². The molecule has 5 heteroatoms. The maximum atomic E-state index is 11.8. The summed E-state index contributed by atoms with van der Waals surface area (Å²) in [7, 11) is 1.67. The number of hydrogen-bond donors (Lipinski definition) is 0. The highest BCUT2D eigenvalue weighted by molar-refractivity contribution is 5.69. The zero-order chi connectivity index (χ0) is 23.0. The van der Waals surface area contributed by atoms with Gasteiger partial charge in [0.05, 0.1) is 26.9 Å². The summed E-state index contributed by atoms with van der Waals surface area (Å²) in [6.45, 7) is 5.59. The lowest BCUT2D eigenvalue weighted by molar-refractivity contribution is -0.143. The molecule has 0 aromatic heterocycles. The molecule has 0 heterocycles. The van der Waals surface area contributed by atoms with Gasteiger partial charge in [0.15, 0.2) is 0 Å². The lowest BCUT2D eigenvalue weighted by Crippen LogP contribution is -2.07. The van der Waals surface area contributed by atoms with Crippen molar-refractivity contribution >= 4 is 12.0 Å². The highest BCUT2D eigenvalue weighted by atomic mass is 16.5. The van der Waals surface area contributed by atoms with Crippen LogP contribution in [-0.4, -0.2) is 32.9 Å². The van der Waals surface area contributed by atoms with Gasteiger partial charge in [-0.15, -0.1) is 0 Å². The van der Waals surface area contributed by atoms with Crippen LogP contribution in [0.5, 0.6) is 17.2 Å². The minimum Gasteiger partial charge on any atom is -0.497 e. The van der Waals surface area contributed by atoms with Crippen LogP contribution in [0.3, 0.4) is 0 Å². The zero-order valence-corrected chi connectivity index (χ0v) is 19.6. The number of carbonyl (C=O) groups is 1. The normalized spacial score (nSPS) is 10.8. The molecule has 0 radical (unpaired) electrons. The van der Waals surface area contributed by atoms with Gasteiger partial charge >= 0.3 is 5.97 Å². The van der Waals surface area contributed by atoms with Gasteiger partial charge in [0, 0.05) is 6.42 Å². The van der Waals surface area contributed by atoms with Gasteiger partial charge in [-0.2, -0.15) is 0 Å². The van der Waals surface area contributed by atoms with Gasteiger partial charge in [-0.1, -0.05) is 31.2 Å². The molecule has 174 valence electrons. The molecule has 0 aliphatic rings. The van der Waals surface area contributed by atoms with Crippen LogP contribution in [-0.2, 0) is 16.0 Å². The third-order valence-corrected chi connectivity index (χ3v) is 4.86. The molecule has 0 atom stereocenters. The van der Waals surface area contributed by atoms with Crippen LogP contribution in [0.25, 0.3) is 6.08 Å². The van der Waals surface area contributed by atoms with Gasteiger partial charge in [0.2, 0.25) is 0 Å². The number of esters is 1. The van der Waals surface area contributed by atoms with Crippen LogP contribution in [0.1, 0.15) is 57.1 Å². The average molecular weight is 441 g/mol. The van der Waals surface area contributed by atoms with E-state index in [2.05, 4.69) is 19.1 Å². The van der Waals surface area contributed by atoms with Gasteiger partial charge in [-0.05, 0) is 80.5 Å². The SMILES string of the molecule is CCCOc1ccc(OCCCC/C=C/c2ccc(OC)cc2)c(CCC(=O)OCC)c1. The van der Waals surface area contributed by atoms with E-state index < -0.39 is 0 Å². The van der Waals surface area contributed by atoms with Gasteiger partial charge in [0.1, 0.15) is 17.2 Å². The van der Waals surface area contributed by atoms with Crippen molar-refractivity contribution in [3.05, 3.63) is 59.7 Å². The minimum absolute atomic E-state index is 0.193. The van der Waals surface area contributed by atoms with Crippen molar-refractivity contribution in [3.8, 4) is 17.2 Å². The largest absolute Gasteiger partial charge is 0.497 e. The number of unbranched alkanes of at least 4 members (excludes halogenated alkanes) is 2. The van der Waals surface area contributed by atoms with E-state index in [1.165, 1.54) is 5.56 Å². The van der Waals surface area contributed by atoms with Crippen LogP contribution in [0, 0.1) is 0 Å². The third kappa shape index (κ3) is 9.46. The summed E-state index contributed by atoms with van der Waals surface area (Å²) in [5.41, 5.74) is 2.14. The Balaban J connectivity index is 1.80. The van der Waals surface area contributed by atoms with E-state index >= 15 is 0 Å². The highest BCUT2D eigenvalue weighted by Gasteiger charge is 2.10. The lowest BCUT2D eigenvalue weighted by atomic mass is 10.1. The van der Waals surface area contributed by atoms with Crippen molar-refractivity contribution in [2.24, 2.45) is 0 Å². The maximum Gasteiger partial charge on any atom is 0.306 e. The number of hydrogen-bond acceptors (Lipinski definition) is 5. The molecule has 0 fully saturated rings. The monoisotopic (exact) mass is 440 g/mol. The number of aryl methyl sites for hydroxylation is 1. The second-order valence-corrected chi connectivity index (χ2v) is 7.44. The molecule has 2 aromatic rings. The number of carbonyl (C=O) groups excluding carboxylic acids is 1. The third-order valence-electron chi connectivity index (χ3n) is 4.86. The summed E-state index contributed by atoms with van der Waals surface area (Å²) in [4.78, 5) is 11.8. The molecule has 32 heavy (non-hydrogen) atoms. The summed E-state index contributed by atoms with van der Waals surface area (Å²) in [6, 6.07) is 13.9. The smallest absolute Gasteiger partial charge is 0.306 e. The van der Waals surface area contributed by atoms with Crippen molar-refractivity contribution in [1.29, 1.82) is 0 Å². The second kappa shape index (κ2) is 15.0. The molecule has 2 aromatic carbocycles. The van der Waals surface area contributed by atoms with Crippen molar-refractivity contribution in [1.82, 2.24) is 0 Å². The fraction of sp³-hybridized carbons (Fsp3) is 0.444. The molecule has 0 spiro atoms.